The van der Waals surface area contributed by atoms with E-state index in [1.54, 1.807) is 6.20 Å². The first kappa shape index (κ1) is 18.7. The van der Waals surface area contributed by atoms with Gasteiger partial charge in [0.05, 0.1) is 16.9 Å². The standard InChI is InChI=1S/C22H16F3N3O/c23-22(24,25)16-5-7-17(8-6-16)27-20-13-26-21-18(20)9-10-19(28-21)15-3-1-14(2-4-15)11-12-29/h1-10,12-13,27H,11H2,(H,26,28). The molecule has 0 spiro atoms. The Morgan fingerprint density at radius 3 is 2.34 bits per heavy atom. The average Bonchev–Trinajstić information content (AvgIpc) is 3.11. The van der Waals surface area contributed by atoms with Gasteiger partial charge in [0.2, 0.25) is 0 Å². The summed E-state index contributed by atoms with van der Waals surface area (Å²) in [6.45, 7) is 0. The summed E-state index contributed by atoms with van der Waals surface area (Å²) in [4.78, 5) is 18.3. The summed E-state index contributed by atoms with van der Waals surface area (Å²) in [5.41, 5.74) is 3.88. The fraction of sp³-hybridized carbons (Fsp3) is 0.0909. The molecule has 0 fully saturated rings. The number of carbonyl (C=O) groups excluding carboxylic acids is 1. The predicted octanol–water partition coefficient (Wildman–Crippen LogP) is 5.73. The third-order valence-electron chi connectivity index (χ3n) is 4.60. The highest BCUT2D eigenvalue weighted by molar-refractivity contribution is 5.93. The Bertz CT molecular complexity index is 1150. The summed E-state index contributed by atoms with van der Waals surface area (Å²) in [6.07, 6.45) is -1.39. The summed E-state index contributed by atoms with van der Waals surface area (Å²) in [5, 5.41) is 3.94. The molecule has 4 rings (SSSR count). The lowest BCUT2D eigenvalue weighted by Crippen LogP contribution is -2.04. The van der Waals surface area contributed by atoms with Gasteiger partial charge < -0.3 is 15.1 Å². The van der Waals surface area contributed by atoms with Crippen LogP contribution in [-0.4, -0.2) is 16.3 Å². The minimum absolute atomic E-state index is 0.377. The van der Waals surface area contributed by atoms with Crippen LogP contribution in [-0.2, 0) is 17.4 Å². The van der Waals surface area contributed by atoms with Crippen LogP contribution in [0.15, 0.2) is 66.9 Å². The van der Waals surface area contributed by atoms with Crippen molar-refractivity contribution in [2.45, 2.75) is 12.6 Å². The molecule has 2 heterocycles. The van der Waals surface area contributed by atoms with Gasteiger partial charge in [0.1, 0.15) is 11.9 Å². The first-order valence-corrected chi connectivity index (χ1v) is 8.89. The maximum Gasteiger partial charge on any atom is 0.416 e. The van der Waals surface area contributed by atoms with Gasteiger partial charge >= 0.3 is 6.18 Å². The number of hydrogen-bond acceptors (Lipinski definition) is 3. The van der Waals surface area contributed by atoms with Crippen LogP contribution in [0.2, 0.25) is 0 Å². The van der Waals surface area contributed by atoms with Crippen molar-refractivity contribution in [1.82, 2.24) is 9.97 Å². The molecule has 0 unspecified atom stereocenters. The molecule has 0 aliphatic heterocycles. The van der Waals surface area contributed by atoms with Crippen molar-refractivity contribution in [3.8, 4) is 11.3 Å². The molecule has 29 heavy (non-hydrogen) atoms. The number of benzene rings is 2. The van der Waals surface area contributed by atoms with Crippen LogP contribution in [0, 0.1) is 0 Å². The van der Waals surface area contributed by atoms with E-state index in [4.69, 9.17) is 0 Å². The van der Waals surface area contributed by atoms with Crippen molar-refractivity contribution >= 4 is 28.7 Å². The van der Waals surface area contributed by atoms with Gasteiger partial charge in [-0.15, -0.1) is 0 Å². The predicted molar refractivity (Wildman–Crippen MR) is 106 cm³/mol. The van der Waals surface area contributed by atoms with Crippen molar-refractivity contribution in [3.05, 3.63) is 78.0 Å². The fourth-order valence-electron chi connectivity index (χ4n) is 3.07. The molecule has 7 heteroatoms. The molecule has 2 N–H and O–H groups in total. The largest absolute Gasteiger partial charge is 0.416 e. The number of aromatic amines is 1. The highest BCUT2D eigenvalue weighted by Gasteiger charge is 2.29. The number of alkyl halides is 3. The number of rotatable bonds is 5. The first-order valence-electron chi connectivity index (χ1n) is 8.89. The lowest BCUT2D eigenvalue weighted by Gasteiger charge is -2.09. The topological polar surface area (TPSA) is 57.8 Å². The van der Waals surface area contributed by atoms with E-state index < -0.39 is 11.7 Å². The van der Waals surface area contributed by atoms with E-state index in [1.165, 1.54) is 12.1 Å². The number of aromatic nitrogens is 2. The van der Waals surface area contributed by atoms with E-state index in [0.717, 1.165) is 46.3 Å². The second-order valence-corrected chi connectivity index (χ2v) is 6.56. The number of carbonyl (C=O) groups is 1. The lowest BCUT2D eigenvalue weighted by atomic mass is 10.1. The number of nitrogens with zero attached hydrogens (tertiary/aromatic N) is 1. The Balaban J connectivity index is 1.57. The summed E-state index contributed by atoms with van der Waals surface area (Å²) in [6, 6.07) is 16.3. The molecular weight excluding hydrogens is 379 g/mol. The van der Waals surface area contributed by atoms with Crippen molar-refractivity contribution < 1.29 is 18.0 Å². The molecule has 0 saturated heterocycles. The molecule has 4 aromatic rings. The van der Waals surface area contributed by atoms with Crippen molar-refractivity contribution in [2.24, 2.45) is 0 Å². The van der Waals surface area contributed by atoms with E-state index in [0.29, 0.717) is 17.8 Å². The van der Waals surface area contributed by atoms with Gasteiger partial charge in [-0.1, -0.05) is 24.3 Å². The highest BCUT2D eigenvalue weighted by Crippen LogP contribution is 2.32. The zero-order valence-corrected chi connectivity index (χ0v) is 15.1. The number of halogens is 3. The Kier molecular flexibility index (Phi) is 4.80. The van der Waals surface area contributed by atoms with Crippen molar-refractivity contribution in [3.63, 3.8) is 0 Å². The minimum atomic E-state index is -4.36. The molecular formula is C22H16F3N3O. The van der Waals surface area contributed by atoms with Crippen LogP contribution in [0.5, 0.6) is 0 Å². The third-order valence-corrected chi connectivity index (χ3v) is 4.60. The molecule has 4 nitrogen and oxygen atoms in total. The van der Waals surface area contributed by atoms with Gasteiger partial charge in [-0.25, -0.2) is 4.98 Å². The summed E-state index contributed by atoms with van der Waals surface area (Å²) in [7, 11) is 0. The number of anilines is 2. The summed E-state index contributed by atoms with van der Waals surface area (Å²) in [5.74, 6) is 0. The van der Waals surface area contributed by atoms with Crippen LogP contribution in [0.1, 0.15) is 11.1 Å². The van der Waals surface area contributed by atoms with Gasteiger partial charge in [-0.3, -0.25) is 0 Å². The SMILES string of the molecule is O=CCc1ccc(-c2ccc3c(Nc4ccc(C(F)(F)F)cc4)c[nH]c3n2)cc1. The van der Waals surface area contributed by atoms with Gasteiger partial charge in [0, 0.05) is 29.3 Å². The quantitative estimate of drug-likeness (QED) is 0.424. The maximum absolute atomic E-state index is 12.7. The Morgan fingerprint density at radius 1 is 0.966 bits per heavy atom. The number of aldehydes is 1. The van der Waals surface area contributed by atoms with E-state index >= 15 is 0 Å². The Hall–Kier alpha value is -3.61. The highest BCUT2D eigenvalue weighted by atomic mass is 19.4. The number of hydrogen-bond donors (Lipinski definition) is 2. The molecule has 0 radical (unpaired) electrons. The van der Waals surface area contributed by atoms with Crippen LogP contribution in [0.3, 0.4) is 0 Å². The second kappa shape index (κ2) is 7.43. The molecule has 0 amide bonds. The summed E-state index contributed by atoms with van der Waals surface area (Å²) >= 11 is 0. The molecule has 0 aliphatic carbocycles. The normalized spacial score (nSPS) is 11.6. The van der Waals surface area contributed by atoms with Crippen LogP contribution in [0.4, 0.5) is 24.5 Å². The monoisotopic (exact) mass is 395 g/mol. The zero-order chi connectivity index (χ0) is 20.4. The van der Waals surface area contributed by atoms with Gasteiger partial charge in [0.15, 0.2) is 0 Å². The molecule has 0 saturated carbocycles. The molecule has 146 valence electrons. The van der Waals surface area contributed by atoms with Crippen LogP contribution >= 0.6 is 0 Å². The van der Waals surface area contributed by atoms with E-state index in [9.17, 15) is 18.0 Å². The zero-order valence-electron chi connectivity index (χ0n) is 15.1. The Labute approximate surface area is 164 Å². The van der Waals surface area contributed by atoms with Gasteiger partial charge in [0.25, 0.3) is 0 Å². The fourth-order valence-corrected chi connectivity index (χ4v) is 3.07. The average molecular weight is 395 g/mol. The first-order chi connectivity index (χ1) is 13.9. The number of pyridine rings is 1. The lowest BCUT2D eigenvalue weighted by molar-refractivity contribution is -0.137. The van der Waals surface area contributed by atoms with E-state index in [2.05, 4.69) is 15.3 Å². The van der Waals surface area contributed by atoms with Gasteiger partial charge in [-0.2, -0.15) is 13.2 Å². The van der Waals surface area contributed by atoms with Crippen molar-refractivity contribution in [2.75, 3.05) is 5.32 Å². The molecule has 0 aliphatic rings. The second-order valence-electron chi connectivity index (χ2n) is 6.56. The van der Waals surface area contributed by atoms with E-state index in [-0.39, 0.29) is 0 Å². The molecule has 2 aromatic carbocycles. The number of fused-ring (bicyclic) bond motifs is 1. The Morgan fingerprint density at radius 2 is 1.69 bits per heavy atom. The minimum Gasteiger partial charge on any atom is -0.354 e. The van der Waals surface area contributed by atoms with Gasteiger partial charge in [-0.05, 0) is 42.0 Å². The number of nitrogens with one attached hydrogen (secondary N) is 2. The van der Waals surface area contributed by atoms with E-state index in [1.807, 2.05) is 36.4 Å². The van der Waals surface area contributed by atoms with Crippen LogP contribution < -0.4 is 5.32 Å². The third kappa shape index (κ3) is 3.99. The van der Waals surface area contributed by atoms with Crippen LogP contribution in [0.25, 0.3) is 22.3 Å². The maximum atomic E-state index is 12.7. The molecule has 0 atom stereocenters. The molecule has 2 aromatic heterocycles. The summed E-state index contributed by atoms with van der Waals surface area (Å²) < 4.78 is 38.1. The number of H-pyrrole nitrogens is 1. The smallest absolute Gasteiger partial charge is 0.354 e. The molecule has 0 bridgehead atoms. The van der Waals surface area contributed by atoms with Crippen molar-refractivity contribution in [1.29, 1.82) is 0 Å².